The van der Waals surface area contributed by atoms with Crippen LogP contribution >= 0.6 is 15.9 Å². The zero-order valence-corrected chi connectivity index (χ0v) is 13.6. The molecule has 0 spiro atoms. The predicted octanol–water partition coefficient (Wildman–Crippen LogP) is 4.26. The molecule has 2 rings (SSSR count). The summed E-state index contributed by atoms with van der Waals surface area (Å²) in [5, 5.41) is 2.95. The molecule has 2 aromatic carbocycles. The Labute approximate surface area is 132 Å². The van der Waals surface area contributed by atoms with E-state index >= 15 is 0 Å². The van der Waals surface area contributed by atoms with Gasteiger partial charge in [0, 0.05) is 16.1 Å². The van der Waals surface area contributed by atoms with Crippen LogP contribution in [0.3, 0.4) is 0 Å². The van der Waals surface area contributed by atoms with Crippen LogP contribution in [0.1, 0.15) is 28.4 Å². The predicted molar refractivity (Wildman–Crippen MR) is 85.9 cm³/mol. The minimum absolute atomic E-state index is 0.00290. The Balaban J connectivity index is 2.00. The number of carbonyl (C=O) groups excluding carboxylic acids is 1. The van der Waals surface area contributed by atoms with Gasteiger partial charge in [0.05, 0.1) is 0 Å². The van der Waals surface area contributed by atoms with Crippen LogP contribution in [0.4, 0.5) is 4.39 Å². The Kier molecular flexibility index (Phi) is 5.12. The molecule has 1 amide bonds. The smallest absolute Gasteiger partial charge is 0.251 e. The zero-order chi connectivity index (χ0) is 15.4. The Bertz CT molecular complexity index is 640. The van der Waals surface area contributed by atoms with Gasteiger partial charge in [-0.15, -0.1) is 0 Å². The van der Waals surface area contributed by atoms with E-state index in [0.717, 1.165) is 16.5 Å². The molecule has 0 saturated carbocycles. The minimum Gasteiger partial charge on any atom is -0.349 e. The van der Waals surface area contributed by atoms with Gasteiger partial charge >= 0.3 is 0 Å². The van der Waals surface area contributed by atoms with Gasteiger partial charge in [0.2, 0.25) is 0 Å². The summed E-state index contributed by atoms with van der Waals surface area (Å²) < 4.78 is 14.1. The first-order valence-corrected chi connectivity index (χ1v) is 7.56. The van der Waals surface area contributed by atoms with E-state index in [-0.39, 0.29) is 17.8 Å². The van der Waals surface area contributed by atoms with Crippen molar-refractivity contribution in [1.29, 1.82) is 0 Å². The van der Waals surface area contributed by atoms with Crippen molar-refractivity contribution in [1.82, 2.24) is 5.32 Å². The van der Waals surface area contributed by atoms with Crippen LogP contribution in [0, 0.1) is 12.7 Å². The van der Waals surface area contributed by atoms with Crippen LogP contribution in [0.2, 0.25) is 0 Å². The molecule has 0 aliphatic heterocycles. The molecule has 4 heteroatoms. The molecule has 0 saturated heterocycles. The molecule has 0 aliphatic carbocycles. The largest absolute Gasteiger partial charge is 0.349 e. The molecular weight excluding hydrogens is 333 g/mol. The van der Waals surface area contributed by atoms with E-state index < -0.39 is 0 Å². The van der Waals surface area contributed by atoms with Crippen molar-refractivity contribution in [3.63, 3.8) is 0 Å². The lowest BCUT2D eigenvalue weighted by atomic mass is 10.1. The molecule has 2 aromatic rings. The van der Waals surface area contributed by atoms with Gasteiger partial charge in [-0.1, -0.05) is 28.1 Å². The minimum atomic E-state index is -0.327. The molecule has 1 N–H and O–H groups in total. The van der Waals surface area contributed by atoms with Gasteiger partial charge in [0.1, 0.15) is 5.82 Å². The van der Waals surface area contributed by atoms with E-state index in [2.05, 4.69) is 21.2 Å². The van der Waals surface area contributed by atoms with Gasteiger partial charge in [-0.3, -0.25) is 4.79 Å². The van der Waals surface area contributed by atoms with Crippen molar-refractivity contribution in [3.05, 3.63) is 69.4 Å². The quantitative estimate of drug-likeness (QED) is 0.877. The summed E-state index contributed by atoms with van der Waals surface area (Å²) in [5.74, 6) is -0.496. The van der Waals surface area contributed by atoms with Crippen LogP contribution in [-0.4, -0.2) is 11.9 Å². The average Bonchev–Trinajstić information content (AvgIpc) is 2.41. The third kappa shape index (κ3) is 4.39. The fourth-order valence-electron chi connectivity index (χ4n) is 2.21. The van der Waals surface area contributed by atoms with Crippen LogP contribution in [0.5, 0.6) is 0 Å². The first-order chi connectivity index (χ1) is 9.95. The highest BCUT2D eigenvalue weighted by Crippen LogP contribution is 2.13. The van der Waals surface area contributed by atoms with E-state index in [9.17, 15) is 9.18 Å². The molecule has 0 aromatic heterocycles. The van der Waals surface area contributed by atoms with E-state index in [1.165, 1.54) is 18.2 Å². The summed E-state index contributed by atoms with van der Waals surface area (Å²) in [6, 6.07) is 12.2. The molecule has 1 atom stereocenters. The highest BCUT2D eigenvalue weighted by atomic mass is 79.9. The van der Waals surface area contributed by atoms with Crippen LogP contribution < -0.4 is 5.32 Å². The average molecular weight is 350 g/mol. The lowest BCUT2D eigenvalue weighted by molar-refractivity contribution is 0.0939. The fourth-order valence-corrected chi connectivity index (χ4v) is 2.47. The van der Waals surface area contributed by atoms with Crippen LogP contribution in [-0.2, 0) is 6.42 Å². The molecule has 1 unspecified atom stereocenters. The Morgan fingerprint density at radius 1 is 1.24 bits per heavy atom. The van der Waals surface area contributed by atoms with Crippen molar-refractivity contribution in [2.45, 2.75) is 26.3 Å². The summed E-state index contributed by atoms with van der Waals surface area (Å²) in [6.07, 6.45) is 0.749. The third-order valence-corrected chi connectivity index (χ3v) is 3.79. The van der Waals surface area contributed by atoms with Crippen molar-refractivity contribution in [2.24, 2.45) is 0 Å². The maximum absolute atomic E-state index is 13.1. The Hall–Kier alpha value is -1.68. The third-order valence-electron chi connectivity index (χ3n) is 3.27. The monoisotopic (exact) mass is 349 g/mol. The number of benzene rings is 2. The van der Waals surface area contributed by atoms with E-state index in [0.29, 0.717) is 11.1 Å². The number of halogens is 2. The molecule has 21 heavy (non-hydrogen) atoms. The summed E-state index contributed by atoms with van der Waals surface area (Å²) >= 11 is 3.40. The lowest BCUT2D eigenvalue weighted by Crippen LogP contribution is -2.34. The van der Waals surface area contributed by atoms with Crippen molar-refractivity contribution >= 4 is 21.8 Å². The van der Waals surface area contributed by atoms with Crippen LogP contribution in [0.15, 0.2) is 46.9 Å². The molecule has 0 heterocycles. The summed E-state index contributed by atoms with van der Waals surface area (Å²) in [4.78, 5) is 12.2. The second-order valence-electron chi connectivity index (χ2n) is 5.16. The lowest BCUT2D eigenvalue weighted by Gasteiger charge is -2.15. The van der Waals surface area contributed by atoms with Crippen molar-refractivity contribution < 1.29 is 9.18 Å². The first kappa shape index (κ1) is 15.7. The summed E-state index contributed by atoms with van der Waals surface area (Å²) in [6.45, 7) is 3.69. The van der Waals surface area contributed by atoms with Crippen LogP contribution in [0.25, 0.3) is 0 Å². The first-order valence-electron chi connectivity index (χ1n) is 6.77. The van der Waals surface area contributed by atoms with Gasteiger partial charge in [0.15, 0.2) is 0 Å². The topological polar surface area (TPSA) is 29.1 Å². The Morgan fingerprint density at radius 3 is 2.52 bits per heavy atom. The highest BCUT2D eigenvalue weighted by molar-refractivity contribution is 9.10. The molecular formula is C17H17BrFNO. The number of carbonyl (C=O) groups is 1. The number of rotatable bonds is 4. The standard InChI is InChI=1S/C17H17BrFNO/c1-11-9-15(19)7-8-16(11)17(21)20-12(2)10-13-3-5-14(18)6-4-13/h3-9,12H,10H2,1-2H3,(H,20,21). The van der Waals surface area contributed by atoms with Gasteiger partial charge in [-0.2, -0.15) is 0 Å². The number of nitrogens with one attached hydrogen (secondary N) is 1. The molecule has 0 bridgehead atoms. The number of aryl methyl sites for hydroxylation is 1. The van der Waals surface area contributed by atoms with Crippen molar-refractivity contribution in [3.8, 4) is 0 Å². The zero-order valence-electron chi connectivity index (χ0n) is 12.0. The SMILES string of the molecule is Cc1cc(F)ccc1C(=O)NC(C)Cc1ccc(Br)cc1. The maximum atomic E-state index is 13.1. The number of hydrogen-bond donors (Lipinski definition) is 1. The number of hydrogen-bond acceptors (Lipinski definition) is 1. The molecule has 0 fully saturated rings. The van der Waals surface area contributed by atoms with E-state index in [1.807, 2.05) is 31.2 Å². The van der Waals surface area contributed by atoms with Gasteiger partial charge in [-0.25, -0.2) is 4.39 Å². The molecule has 110 valence electrons. The van der Waals surface area contributed by atoms with Gasteiger partial charge in [-0.05, 0) is 61.7 Å². The van der Waals surface area contributed by atoms with Crippen molar-refractivity contribution in [2.75, 3.05) is 0 Å². The molecule has 2 nitrogen and oxygen atoms in total. The molecule has 0 aliphatic rings. The second-order valence-corrected chi connectivity index (χ2v) is 6.08. The fraction of sp³-hybridized carbons (Fsp3) is 0.235. The second kappa shape index (κ2) is 6.85. The maximum Gasteiger partial charge on any atom is 0.251 e. The summed E-state index contributed by atoms with van der Waals surface area (Å²) in [5.41, 5.74) is 2.31. The van der Waals surface area contributed by atoms with E-state index in [1.54, 1.807) is 6.92 Å². The van der Waals surface area contributed by atoms with Gasteiger partial charge < -0.3 is 5.32 Å². The van der Waals surface area contributed by atoms with Gasteiger partial charge in [0.25, 0.3) is 5.91 Å². The highest BCUT2D eigenvalue weighted by Gasteiger charge is 2.13. The summed E-state index contributed by atoms with van der Waals surface area (Å²) in [7, 11) is 0. The normalized spacial score (nSPS) is 12.0. The Morgan fingerprint density at radius 2 is 1.90 bits per heavy atom. The number of amides is 1. The van der Waals surface area contributed by atoms with E-state index in [4.69, 9.17) is 0 Å². The molecule has 0 radical (unpaired) electrons.